The summed E-state index contributed by atoms with van der Waals surface area (Å²) in [5, 5.41) is 13.6. The normalized spacial score (nSPS) is 13.1. The first-order valence-corrected chi connectivity index (χ1v) is 5.67. The molecule has 1 aromatic carbocycles. The van der Waals surface area contributed by atoms with Crippen LogP contribution in [0.2, 0.25) is 0 Å². The van der Waals surface area contributed by atoms with Crippen molar-refractivity contribution in [2.75, 3.05) is 7.11 Å². The SMILES string of the molecule is COc1ccc2c(c1)CCc1c(CO)cnn1-2. The lowest BCUT2D eigenvalue weighted by atomic mass is 10.00. The van der Waals surface area contributed by atoms with Crippen LogP contribution in [0.25, 0.3) is 5.69 Å². The summed E-state index contributed by atoms with van der Waals surface area (Å²) in [5.74, 6) is 0.877. The second-order valence-electron chi connectivity index (χ2n) is 4.18. The third-order valence-corrected chi connectivity index (χ3v) is 3.27. The highest BCUT2D eigenvalue weighted by Crippen LogP contribution is 2.28. The molecular formula is C13H14N2O2. The Morgan fingerprint density at radius 2 is 2.29 bits per heavy atom. The van der Waals surface area contributed by atoms with Gasteiger partial charge in [0.05, 0.1) is 31.3 Å². The smallest absolute Gasteiger partial charge is 0.119 e. The number of ether oxygens (including phenoxy) is 1. The van der Waals surface area contributed by atoms with Gasteiger partial charge in [-0.15, -0.1) is 0 Å². The van der Waals surface area contributed by atoms with Crippen molar-refractivity contribution in [3.8, 4) is 11.4 Å². The highest BCUT2D eigenvalue weighted by molar-refractivity contribution is 5.49. The monoisotopic (exact) mass is 230 g/mol. The minimum atomic E-state index is 0.0564. The van der Waals surface area contributed by atoms with E-state index in [-0.39, 0.29) is 6.61 Å². The van der Waals surface area contributed by atoms with Crippen LogP contribution in [-0.4, -0.2) is 22.0 Å². The lowest BCUT2D eigenvalue weighted by Gasteiger charge is -2.19. The number of aliphatic hydroxyl groups is 1. The minimum absolute atomic E-state index is 0.0564. The third-order valence-electron chi connectivity index (χ3n) is 3.27. The van der Waals surface area contributed by atoms with E-state index >= 15 is 0 Å². The Kier molecular flexibility index (Phi) is 2.37. The Labute approximate surface area is 99.5 Å². The molecule has 0 spiro atoms. The number of benzene rings is 1. The second kappa shape index (κ2) is 3.89. The van der Waals surface area contributed by atoms with Crippen molar-refractivity contribution < 1.29 is 9.84 Å². The van der Waals surface area contributed by atoms with Gasteiger partial charge in [0.15, 0.2) is 0 Å². The first-order chi connectivity index (χ1) is 8.33. The molecule has 88 valence electrons. The van der Waals surface area contributed by atoms with Crippen LogP contribution in [0.15, 0.2) is 24.4 Å². The van der Waals surface area contributed by atoms with Gasteiger partial charge in [0, 0.05) is 5.56 Å². The second-order valence-corrected chi connectivity index (χ2v) is 4.18. The van der Waals surface area contributed by atoms with Crippen LogP contribution in [0.1, 0.15) is 16.8 Å². The van der Waals surface area contributed by atoms with Crippen molar-refractivity contribution >= 4 is 0 Å². The molecule has 17 heavy (non-hydrogen) atoms. The molecule has 1 aliphatic rings. The molecule has 1 N–H and O–H groups in total. The van der Waals surface area contributed by atoms with E-state index in [1.165, 1.54) is 5.56 Å². The minimum Gasteiger partial charge on any atom is -0.497 e. The van der Waals surface area contributed by atoms with E-state index in [0.717, 1.165) is 35.5 Å². The van der Waals surface area contributed by atoms with Gasteiger partial charge in [0.2, 0.25) is 0 Å². The molecule has 0 fully saturated rings. The van der Waals surface area contributed by atoms with Crippen molar-refractivity contribution in [3.63, 3.8) is 0 Å². The number of rotatable bonds is 2. The Hall–Kier alpha value is -1.81. The summed E-state index contributed by atoms with van der Waals surface area (Å²) < 4.78 is 7.15. The Balaban J connectivity index is 2.14. The van der Waals surface area contributed by atoms with Crippen LogP contribution in [0.3, 0.4) is 0 Å². The van der Waals surface area contributed by atoms with Gasteiger partial charge in [0.1, 0.15) is 5.75 Å². The van der Waals surface area contributed by atoms with E-state index in [2.05, 4.69) is 11.2 Å². The van der Waals surface area contributed by atoms with Crippen LogP contribution < -0.4 is 4.74 Å². The fourth-order valence-electron chi connectivity index (χ4n) is 2.36. The number of hydrogen-bond donors (Lipinski definition) is 1. The van der Waals surface area contributed by atoms with E-state index in [0.29, 0.717) is 0 Å². The molecule has 0 radical (unpaired) electrons. The molecular weight excluding hydrogens is 216 g/mol. The average Bonchev–Trinajstić information content (AvgIpc) is 2.81. The summed E-state index contributed by atoms with van der Waals surface area (Å²) in [4.78, 5) is 0. The summed E-state index contributed by atoms with van der Waals surface area (Å²) >= 11 is 0. The van der Waals surface area contributed by atoms with Crippen LogP contribution in [0.5, 0.6) is 5.75 Å². The van der Waals surface area contributed by atoms with Crippen LogP contribution in [0, 0.1) is 0 Å². The van der Waals surface area contributed by atoms with Gasteiger partial charge in [-0.3, -0.25) is 0 Å². The lowest BCUT2D eigenvalue weighted by Crippen LogP contribution is -2.14. The highest BCUT2D eigenvalue weighted by Gasteiger charge is 2.19. The molecule has 3 rings (SSSR count). The number of aryl methyl sites for hydroxylation is 1. The van der Waals surface area contributed by atoms with Gasteiger partial charge in [-0.05, 0) is 36.6 Å². The van der Waals surface area contributed by atoms with Gasteiger partial charge in [-0.25, -0.2) is 4.68 Å². The van der Waals surface area contributed by atoms with E-state index < -0.39 is 0 Å². The Morgan fingerprint density at radius 1 is 1.41 bits per heavy atom. The van der Waals surface area contributed by atoms with Crippen molar-refractivity contribution in [3.05, 3.63) is 41.2 Å². The maximum atomic E-state index is 9.24. The number of nitrogens with zero attached hydrogens (tertiary/aromatic N) is 2. The molecule has 0 aliphatic carbocycles. The van der Waals surface area contributed by atoms with Crippen LogP contribution >= 0.6 is 0 Å². The molecule has 4 heteroatoms. The quantitative estimate of drug-likeness (QED) is 0.850. The van der Waals surface area contributed by atoms with E-state index in [4.69, 9.17) is 4.74 Å². The molecule has 1 aliphatic heterocycles. The summed E-state index contributed by atoms with van der Waals surface area (Å²) in [6.07, 6.45) is 3.62. The maximum Gasteiger partial charge on any atom is 0.119 e. The molecule has 4 nitrogen and oxygen atoms in total. The number of aliphatic hydroxyl groups excluding tert-OH is 1. The largest absolute Gasteiger partial charge is 0.497 e. The number of methoxy groups -OCH3 is 1. The molecule has 0 unspecified atom stereocenters. The lowest BCUT2D eigenvalue weighted by molar-refractivity contribution is 0.280. The first-order valence-electron chi connectivity index (χ1n) is 5.67. The van der Waals surface area contributed by atoms with Crippen molar-refractivity contribution in [2.24, 2.45) is 0 Å². The van der Waals surface area contributed by atoms with E-state index in [1.807, 2.05) is 16.8 Å². The van der Waals surface area contributed by atoms with Gasteiger partial charge in [0.25, 0.3) is 0 Å². The number of aromatic nitrogens is 2. The van der Waals surface area contributed by atoms with Gasteiger partial charge >= 0.3 is 0 Å². The zero-order valence-electron chi connectivity index (χ0n) is 9.68. The molecule has 1 aromatic heterocycles. The zero-order chi connectivity index (χ0) is 11.8. The summed E-state index contributed by atoms with van der Waals surface area (Å²) in [6.45, 7) is 0.0564. The maximum absolute atomic E-state index is 9.24. The fourth-order valence-corrected chi connectivity index (χ4v) is 2.36. The first kappa shape index (κ1) is 10.4. The molecule has 0 bridgehead atoms. The Bertz CT molecular complexity index is 561. The third kappa shape index (κ3) is 1.52. The van der Waals surface area contributed by atoms with Crippen molar-refractivity contribution in [2.45, 2.75) is 19.4 Å². The predicted octanol–water partition coefficient (Wildman–Crippen LogP) is 1.47. The number of fused-ring (bicyclic) bond motifs is 3. The van der Waals surface area contributed by atoms with Gasteiger partial charge in [-0.1, -0.05) is 0 Å². The topological polar surface area (TPSA) is 47.3 Å². The van der Waals surface area contributed by atoms with Gasteiger partial charge in [-0.2, -0.15) is 5.10 Å². The predicted molar refractivity (Wildman–Crippen MR) is 63.4 cm³/mol. The standard InChI is InChI=1S/C13H14N2O2/c1-17-11-3-5-12-9(6-11)2-4-13-10(8-16)7-14-15(12)13/h3,5-7,16H,2,4,8H2,1H3. The summed E-state index contributed by atoms with van der Waals surface area (Å²) in [6, 6.07) is 6.01. The summed E-state index contributed by atoms with van der Waals surface area (Å²) in [7, 11) is 1.67. The molecule has 2 heterocycles. The van der Waals surface area contributed by atoms with Gasteiger partial charge < -0.3 is 9.84 Å². The fraction of sp³-hybridized carbons (Fsp3) is 0.308. The van der Waals surface area contributed by atoms with Crippen LogP contribution in [0.4, 0.5) is 0 Å². The van der Waals surface area contributed by atoms with E-state index in [9.17, 15) is 5.11 Å². The molecule has 0 amide bonds. The van der Waals surface area contributed by atoms with E-state index in [1.54, 1.807) is 13.3 Å². The summed E-state index contributed by atoms with van der Waals surface area (Å²) in [5.41, 5.74) is 4.37. The van der Waals surface area contributed by atoms with Crippen molar-refractivity contribution in [1.29, 1.82) is 0 Å². The Morgan fingerprint density at radius 3 is 3.06 bits per heavy atom. The highest BCUT2D eigenvalue weighted by atomic mass is 16.5. The van der Waals surface area contributed by atoms with Crippen LogP contribution in [-0.2, 0) is 19.4 Å². The molecule has 2 aromatic rings. The zero-order valence-corrected chi connectivity index (χ0v) is 9.68. The molecule has 0 atom stereocenters. The number of hydrogen-bond acceptors (Lipinski definition) is 3. The van der Waals surface area contributed by atoms with Crippen molar-refractivity contribution in [1.82, 2.24) is 9.78 Å². The molecule has 0 saturated heterocycles. The average molecular weight is 230 g/mol. The molecule has 0 saturated carbocycles.